The van der Waals surface area contributed by atoms with Gasteiger partial charge in [0, 0.05) is 17.7 Å². The minimum atomic E-state index is -0.785. The Morgan fingerprint density at radius 1 is 1.24 bits per heavy atom. The fourth-order valence-electron chi connectivity index (χ4n) is 3.24. The predicted molar refractivity (Wildman–Crippen MR) is 88.5 cm³/mol. The minimum Gasteiger partial charge on any atom is -0.273 e. The number of nitro groups is 1. The van der Waals surface area contributed by atoms with Crippen LogP contribution in [-0.2, 0) is 9.59 Å². The summed E-state index contributed by atoms with van der Waals surface area (Å²) in [5.74, 6) is -1.43. The Morgan fingerprint density at radius 3 is 2.56 bits per heavy atom. The van der Waals surface area contributed by atoms with Crippen LogP contribution in [0.3, 0.4) is 0 Å². The fourth-order valence-corrected chi connectivity index (χ4v) is 3.24. The molecular formula is C17H17N3O5. The molecule has 4 amide bonds. The molecule has 130 valence electrons. The highest BCUT2D eigenvalue weighted by Gasteiger charge is 2.40. The van der Waals surface area contributed by atoms with Crippen molar-refractivity contribution in [3.8, 4) is 0 Å². The molecule has 8 heteroatoms. The van der Waals surface area contributed by atoms with Crippen molar-refractivity contribution in [2.45, 2.75) is 38.6 Å². The topological polar surface area (TPSA) is 110 Å². The van der Waals surface area contributed by atoms with E-state index < -0.39 is 22.8 Å². The first kappa shape index (κ1) is 16.8. The van der Waals surface area contributed by atoms with E-state index in [1.54, 1.807) is 19.1 Å². The lowest BCUT2D eigenvalue weighted by atomic mass is 10.0. The molecule has 1 N–H and O–H groups in total. The minimum absolute atomic E-state index is 0.0956. The maximum atomic E-state index is 12.7. The van der Waals surface area contributed by atoms with Crippen LogP contribution in [0, 0.1) is 17.0 Å². The largest absolute Gasteiger partial charge is 0.331 e. The lowest BCUT2D eigenvalue weighted by Gasteiger charge is -2.31. The second-order valence-corrected chi connectivity index (χ2v) is 6.23. The summed E-state index contributed by atoms with van der Waals surface area (Å²) in [6.07, 6.45) is 4.59. The van der Waals surface area contributed by atoms with Gasteiger partial charge in [-0.25, -0.2) is 4.79 Å². The Labute approximate surface area is 143 Å². The molecule has 0 bridgehead atoms. The van der Waals surface area contributed by atoms with Gasteiger partial charge in [-0.05, 0) is 31.4 Å². The quantitative estimate of drug-likeness (QED) is 0.392. The van der Waals surface area contributed by atoms with Crippen molar-refractivity contribution >= 4 is 29.6 Å². The molecule has 2 fully saturated rings. The number of rotatable bonds is 3. The molecule has 2 aliphatic rings. The Morgan fingerprint density at radius 2 is 1.92 bits per heavy atom. The molecule has 0 radical (unpaired) electrons. The van der Waals surface area contributed by atoms with Crippen molar-refractivity contribution in [3.05, 3.63) is 45.0 Å². The van der Waals surface area contributed by atoms with Gasteiger partial charge in [0.25, 0.3) is 17.5 Å². The average molecular weight is 343 g/mol. The van der Waals surface area contributed by atoms with Crippen LogP contribution in [0.25, 0.3) is 6.08 Å². The lowest BCUT2D eigenvalue weighted by Crippen LogP contribution is -2.57. The summed E-state index contributed by atoms with van der Waals surface area (Å²) in [6.45, 7) is 1.61. The van der Waals surface area contributed by atoms with E-state index >= 15 is 0 Å². The number of hydrogen-bond acceptors (Lipinski definition) is 5. The first-order valence-electron chi connectivity index (χ1n) is 8.04. The van der Waals surface area contributed by atoms with Crippen molar-refractivity contribution in [1.29, 1.82) is 0 Å². The average Bonchev–Trinajstić information content (AvgIpc) is 3.06. The van der Waals surface area contributed by atoms with Gasteiger partial charge in [0.1, 0.15) is 5.57 Å². The van der Waals surface area contributed by atoms with E-state index in [-0.39, 0.29) is 17.3 Å². The highest BCUT2D eigenvalue weighted by Crippen LogP contribution is 2.27. The zero-order valence-corrected chi connectivity index (χ0v) is 13.7. The highest BCUT2D eigenvalue weighted by molar-refractivity contribution is 6.31. The summed E-state index contributed by atoms with van der Waals surface area (Å²) in [4.78, 5) is 48.4. The highest BCUT2D eigenvalue weighted by atomic mass is 16.6. The molecular weight excluding hydrogens is 326 g/mol. The Balaban J connectivity index is 1.97. The van der Waals surface area contributed by atoms with Gasteiger partial charge in [-0.1, -0.05) is 25.0 Å². The monoisotopic (exact) mass is 343 g/mol. The van der Waals surface area contributed by atoms with Crippen LogP contribution in [-0.4, -0.2) is 33.7 Å². The maximum Gasteiger partial charge on any atom is 0.331 e. The summed E-state index contributed by atoms with van der Waals surface area (Å²) in [6, 6.07) is 3.53. The van der Waals surface area contributed by atoms with Gasteiger partial charge < -0.3 is 0 Å². The Hall–Kier alpha value is -3.03. The van der Waals surface area contributed by atoms with Crippen LogP contribution in [0.2, 0.25) is 0 Å². The zero-order valence-electron chi connectivity index (χ0n) is 13.7. The maximum absolute atomic E-state index is 12.7. The molecule has 3 rings (SSSR count). The number of barbiturate groups is 1. The molecule has 1 aliphatic heterocycles. The Bertz CT molecular complexity index is 809. The van der Waals surface area contributed by atoms with E-state index in [9.17, 15) is 24.5 Å². The zero-order chi connectivity index (χ0) is 18.1. The molecule has 1 aromatic rings. The third-order valence-electron chi connectivity index (χ3n) is 4.56. The van der Waals surface area contributed by atoms with Crippen LogP contribution >= 0.6 is 0 Å². The van der Waals surface area contributed by atoms with E-state index in [1.807, 2.05) is 0 Å². The second kappa shape index (κ2) is 6.46. The van der Waals surface area contributed by atoms with Crippen LogP contribution in [0.4, 0.5) is 10.5 Å². The summed E-state index contributed by atoms with van der Waals surface area (Å²) in [5, 5.41) is 13.2. The second-order valence-electron chi connectivity index (χ2n) is 6.23. The van der Waals surface area contributed by atoms with E-state index in [4.69, 9.17) is 0 Å². The summed E-state index contributed by atoms with van der Waals surface area (Å²) in [7, 11) is 0. The summed E-state index contributed by atoms with van der Waals surface area (Å²) >= 11 is 0. The summed E-state index contributed by atoms with van der Waals surface area (Å²) < 4.78 is 0. The molecule has 0 atom stereocenters. The third kappa shape index (κ3) is 3.15. The lowest BCUT2D eigenvalue weighted by molar-refractivity contribution is -0.385. The van der Waals surface area contributed by atoms with Gasteiger partial charge in [-0.15, -0.1) is 0 Å². The first-order chi connectivity index (χ1) is 11.9. The number of carbonyl (C=O) groups is 3. The number of hydrogen-bond donors (Lipinski definition) is 1. The van der Waals surface area contributed by atoms with E-state index in [2.05, 4.69) is 5.32 Å². The number of urea groups is 1. The van der Waals surface area contributed by atoms with Crippen LogP contribution in [0.15, 0.2) is 23.8 Å². The van der Waals surface area contributed by atoms with Crippen LogP contribution < -0.4 is 5.32 Å². The van der Waals surface area contributed by atoms with Gasteiger partial charge >= 0.3 is 6.03 Å². The molecule has 0 spiro atoms. The molecule has 1 heterocycles. The first-order valence-corrected chi connectivity index (χ1v) is 8.04. The number of carbonyl (C=O) groups excluding carboxylic acids is 3. The van der Waals surface area contributed by atoms with Crippen molar-refractivity contribution in [1.82, 2.24) is 10.2 Å². The molecule has 25 heavy (non-hydrogen) atoms. The number of nitrogens with one attached hydrogen (secondary N) is 1. The third-order valence-corrected chi connectivity index (χ3v) is 4.56. The number of nitrogens with zero attached hydrogens (tertiary/aromatic N) is 2. The molecule has 1 aromatic carbocycles. The summed E-state index contributed by atoms with van der Waals surface area (Å²) in [5.41, 5.74) is 0.553. The normalized spacial score (nSPS) is 20.3. The van der Waals surface area contributed by atoms with Crippen molar-refractivity contribution in [3.63, 3.8) is 0 Å². The van der Waals surface area contributed by atoms with E-state index in [0.29, 0.717) is 11.1 Å². The number of amides is 4. The van der Waals surface area contributed by atoms with Crippen molar-refractivity contribution < 1.29 is 19.3 Å². The van der Waals surface area contributed by atoms with E-state index in [1.165, 1.54) is 12.1 Å². The number of imide groups is 2. The molecule has 1 aliphatic carbocycles. The molecule has 0 aromatic heterocycles. The van der Waals surface area contributed by atoms with Gasteiger partial charge in [-0.2, -0.15) is 0 Å². The number of nitro benzene ring substituents is 1. The molecule has 8 nitrogen and oxygen atoms in total. The van der Waals surface area contributed by atoms with Crippen molar-refractivity contribution in [2.75, 3.05) is 0 Å². The Kier molecular flexibility index (Phi) is 4.35. The molecule has 0 unspecified atom stereocenters. The van der Waals surface area contributed by atoms with Gasteiger partial charge in [0.15, 0.2) is 0 Å². The van der Waals surface area contributed by atoms with Gasteiger partial charge in [0.05, 0.1) is 4.92 Å². The van der Waals surface area contributed by atoms with Crippen LogP contribution in [0.1, 0.15) is 36.8 Å². The fraction of sp³-hybridized carbons (Fsp3) is 0.353. The predicted octanol–water partition coefficient (Wildman–Crippen LogP) is 2.31. The van der Waals surface area contributed by atoms with Gasteiger partial charge in [0.2, 0.25) is 0 Å². The molecule has 1 saturated heterocycles. The molecule has 1 saturated carbocycles. The van der Waals surface area contributed by atoms with Crippen LogP contribution in [0.5, 0.6) is 0 Å². The standard InChI is InChI=1S/C17H17N3O5/c1-10-6-7-11(9-14(10)20(24)25)8-13-15(21)18-17(23)19(16(13)22)12-4-2-3-5-12/h6-9,12H,2-5H2,1H3,(H,18,21,23)/b13-8+. The smallest absolute Gasteiger partial charge is 0.273 e. The number of aryl methyl sites for hydroxylation is 1. The van der Waals surface area contributed by atoms with E-state index in [0.717, 1.165) is 30.6 Å². The van der Waals surface area contributed by atoms with Gasteiger partial charge in [-0.3, -0.25) is 29.9 Å². The SMILES string of the molecule is Cc1ccc(/C=C2\C(=O)NC(=O)N(C3CCCC3)C2=O)cc1[N+](=O)[O-]. The van der Waals surface area contributed by atoms with Crippen molar-refractivity contribution in [2.24, 2.45) is 0 Å². The number of benzene rings is 1.